The van der Waals surface area contributed by atoms with Crippen LogP contribution in [0.15, 0.2) is 23.2 Å². The lowest BCUT2D eigenvalue weighted by molar-refractivity contribution is 0.445. The van der Waals surface area contributed by atoms with Crippen molar-refractivity contribution in [2.24, 2.45) is 4.99 Å². The van der Waals surface area contributed by atoms with E-state index in [1.165, 1.54) is 10.4 Å². The SMILES string of the molecule is CCN(CC)S(=O)(=O)CCNC(=NC)NCc1ccc(F)cc1CSC.I. The normalized spacial score (nSPS) is 12.0. The molecule has 0 atom stereocenters. The second kappa shape index (κ2) is 13.6. The third-order valence-corrected chi connectivity index (χ3v) is 6.51. The molecule has 27 heavy (non-hydrogen) atoms. The minimum absolute atomic E-state index is 0. The summed E-state index contributed by atoms with van der Waals surface area (Å²) >= 11 is 1.63. The Labute approximate surface area is 183 Å². The van der Waals surface area contributed by atoms with E-state index in [0.29, 0.717) is 25.6 Å². The Kier molecular flexibility index (Phi) is 13.3. The van der Waals surface area contributed by atoms with E-state index in [1.54, 1.807) is 30.9 Å². The number of nitrogens with one attached hydrogen (secondary N) is 2. The molecule has 1 aromatic rings. The van der Waals surface area contributed by atoms with Crippen molar-refractivity contribution in [3.8, 4) is 0 Å². The van der Waals surface area contributed by atoms with Gasteiger partial charge in [0.2, 0.25) is 10.0 Å². The molecule has 0 bridgehead atoms. The molecule has 0 aliphatic carbocycles. The molecule has 0 aliphatic heterocycles. The molecular weight excluding hydrogens is 502 g/mol. The zero-order valence-electron chi connectivity index (χ0n) is 16.3. The third-order valence-electron chi connectivity index (χ3n) is 3.89. The lowest BCUT2D eigenvalue weighted by Gasteiger charge is -2.19. The average Bonchev–Trinajstić information content (AvgIpc) is 2.60. The van der Waals surface area contributed by atoms with Gasteiger partial charge in [-0.1, -0.05) is 19.9 Å². The van der Waals surface area contributed by atoms with Gasteiger partial charge in [0.15, 0.2) is 5.96 Å². The van der Waals surface area contributed by atoms with Crippen molar-refractivity contribution in [2.75, 3.05) is 38.7 Å². The van der Waals surface area contributed by atoms with Crippen molar-refractivity contribution >= 4 is 51.7 Å². The summed E-state index contributed by atoms with van der Waals surface area (Å²) in [4.78, 5) is 4.11. The summed E-state index contributed by atoms with van der Waals surface area (Å²) in [5, 5.41) is 6.16. The first-order valence-corrected chi connectivity index (χ1v) is 11.6. The van der Waals surface area contributed by atoms with Crippen LogP contribution in [0.2, 0.25) is 0 Å². The molecule has 0 spiro atoms. The highest BCUT2D eigenvalue weighted by Gasteiger charge is 2.18. The highest BCUT2D eigenvalue weighted by Crippen LogP contribution is 2.16. The van der Waals surface area contributed by atoms with Crippen LogP contribution in [0, 0.1) is 5.82 Å². The van der Waals surface area contributed by atoms with E-state index in [1.807, 2.05) is 20.1 Å². The number of hydrogen-bond acceptors (Lipinski definition) is 4. The predicted octanol–water partition coefficient (Wildman–Crippen LogP) is 2.64. The summed E-state index contributed by atoms with van der Waals surface area (Å²) < 4.78 is 39.2. The van der Waals surface area contributed by atoms with Crippen LogP contribution in [-0.2, 0) is 22.3 Å². The van der Waals surface area contributed by atoms with E-state index < -0.39 is 10.0 Å². The molecule has 0 heterocycles. The van der Waals surface area contributed by atoms with Gasteiger partial charge in [-0.05, 0) is 29.5 Å². The van der Waals surface area contributed by atoms with Gasteiger partial charge in [-0.3, -0.25) is 4.99 Å². The van der Waals surface area contributed by atoms with E-state index in [-0.39, 0.29) is 42.1 Å². The Morgan fingerprint density at radius 2 is 1.89 bits per heavy atom. The smallest absolute Gasteiger partial charge is 0.215 e. The number of benzene rings is 1. The quantitative estimate of drug-likeness (QED) is 0.276. The molecule has 1 rings (SSSR count). The van der Waals surface area contributed by atoms with E-state index >= 15 is 0 Å². The number of thioether (sulfide) groups is 1. The molecule has 0 aliphatic rings. The molecule has 0 amide bonds. The number of guanidine groups is 1. The van der Waals surface area contributed by atoms with E-state index in [0.717, 1.165) is 16.9 Å². The number of hydrogen-bond donors (Lipinski definition) is 2. The monoisotopic (exact) mass is 532 g/mol. The van der Waals surface area contributed by atoms with E-state index in [9.17, 15) is 12.8 Å². The Balaban J connectivity index is 0.00000676. The van der Waals surface area contributed by atoms with Crippen LogP contribution in [0.4, 0.5) is 4.39 Å². The van der Waals surface area contributed by atoms with Gasteiger partial charge in [-0.25, -0.2) is 17.1 Å². The minimum Gasteiger partial charge on any atom is -0.355 e. The summed E-state index contributed by atoms with van der Waals surface area (Å²) in [6.07, 6.45) is 1.97. The van der Waals surface area contributed by atoms with Gasteiger partial charge in [0.25, 0.3) is 0 Å². The van der Waals surface area contributed by atoms with Crippen molar-refractivity contribution in [1.82, 2.24) is 14.9 Å². The average molecular weight is 532 g/mol. The molecule has 10 heteroatoms. The molecule has 156 valence electrons. The zero-order valence-corrected chi connectivity index (χ0v) is 20.3. The second-order valence-corrected chi connectivity index (χ2v) is 8.55. The van der Waals surface area contributed by atoms with Crippen molar-refractivity contribution < 1.29 is 12.8 Å². The topological polar surface area (TPSA) is 73.8 Å². The highest BCUT2D eigenvalue weighted by molar-refractivity contribution is 14.0. The van der Waals surface area contributed by atoms with Crippen molar-refractivity contribution in [3.05, 3.63) is 35.1 Å². The molecule has 0 saturated heterocycles. The summed E-state index contributed by atoms with van der Waals surface area (Å²) in [7, 11) is -1.64. The summed E-state index contributed by atoms with van der Waals surface area (Å²) in [5.41, 5.74) is 1.92. The fourth-order valence-electron chi connectivity index (χ4n) is 2.50. The van der Waals surface area contributed by atoms with Crippen LogP contribution in [-0.4, -0.2) is 57.4 Å². The van der Waals surface area contributed by atoms with Crippen LogP contribution in [0.5, 0.6) is 0 Å². The predicted molar refractivity (Wildman–Crippen MR) is 124 cm³/mol. The van der Waals surface area contributed by atoms with Crippen LogP contribution in [0.3, 0.4) is 0 Å². The lowest BCUT2D eigenvalue weighted by atomic mass is 10.1. The molecule has 0 saturated carbocycles. The maximum atomic E-state index is 13.4. The van der Waals surface area contributed by atoms with Crippen LogP contribution >= 0.6 is 35.7 Å². The zero-order chi connectivity index (χ0) is 19.6. The molecule has 2 N–H and O–H groups in total. The second-order valence-electron chi connectivity index (χ2n) is 5.60. The van der Waals surface area contributed by atoms with Gasteiger partial charge >= 0.3 is 0 Å². The Bertz CT molecular complexity index is 698. The first kappa shape index (κ1) is 26.4. The van der Waals surface area contributed by atoms with E-state index in [2.05, 4.69) is 15.6 Å². The number of rotatable bonds is 10. The fraction of sp³-hybridized carbons (Fsp3) is 0.588. The van der Waals surface area contributed by atoms with Gasteiger partial charge in [0.1, 0.15) is 5.82 Å². The molecular formula is C17H30FIN4O2S2. The minimum atomic E-state index is -3.27. The van der Waals surface area contributed by atoms with Crippen LogP contribution < -0.4 is 10.6 Å². The summed E-state index contributed by atoms with van der Waals surface area (Å²) in [6.45, 7) is 5.33. The largest absolute Gasteiger partial charge is 0.355 e. The molecule has 0 fully saturated rings. The Morgan fingerprint density at radius 3 is 2.44 bits per heavy atom. The third kappa shape index (κ3) is 8.97. The standard InChI is InChI=1S/C17H29FN4O2S2.HI/c1-5-22(6-2)26(23,24)10-9-20-17(19-3)21-12-14-7-8-16(18)11-15(14)13-25-4;/h7-8,11H,5-6,9-10,12-13H2,1-4H3,(H2,19,20,21);1H. The van der Waals surface area contributed by atoms with Gasteiger partial charge in [-0.15, -0.1) is 24.0 Å². The molecule has 6 nitrogen and oxygen atoms in total. The number of sulfonamides is 1. The van der Waals surface area contributed by atoms with Crippen molar-refractivity contribution in [2.45, 2.75) is 26.1 Å². The lowest BCUT2D eigenvalue weighted by Crippen LogP contribution is -2.42. The van der Waals surface area contributed by atoms with Crippen molar-refractivity contribution in [1.29, 1.82) is 0 Å². The Hall–Kier alpha value is -0.590. The fourth-order valence-corrected chi connectivity index (χ4v) is 4.49. The van der Waals surface area contributed by atoms with Gasteiger partial charge in [0.05, 0.1) is 5.75 Å². The van der Waals surface area contributed by atoms with Crippen LogP contribution in [0.25, 0.3) is 0 Å². The maximum Gasteiger partial charge on any atom is 0.215 e. The molecule has 0 unspecified atom stereocenters. The summed E-state index contributed by atoms with van der Waals surface area (Å²) in [5.74, 6) is 0.994. The van der Waals surface area contributed by atoms with Crippen LogP contribution in [0.1, 0.15) is 25.0 Å². The van der Waals surface area contributed by atoms with Gasteiger partial charge < -0.3 is 10.6 Å². The highest BCUT2D eigenvalue weighted by atomic mass is 127. The van der Waals surface area contributed by atoms with E-state index in [4.69, 9.17) is 0 Å². The molecule has 0 aromatic heterocycles. The summed E-state index contributed by atoms with van der Waals surface area (Å²) in [6, 6.07) is 4.74. The van der Waals surface area contributed by atoms with Crippen molar-refractivity contribution in [3.63, 3.8) is 0 Å². The number of nitrogens with zero attached hydrogens (tertiary/aromatic N) is 2. The van der Waals surface area contributed by atoms with Gasteiger partial charge in [-0.2, -0.15) is 11.8 Å². The van der Waals surface area contributed by atoms with Gasteiger partial charge in [0, 0.05) is 39.0 Å². The Morgan fingerprint density at radius 1 is 1.22 bits per heavy atom. The number of halogens is 2. The molecule has 1 aromatic carbocycles. The first-order valence-electron chi connectivity index (χ1n) is 8.56. The maximum absolute atomic E-state index is 13.4. The molecule has 0 radical (unpaired) electrons. The number of aliphatic imine (C=N–C) groups is 1. The first-order chi connectivity index (χ1) is 12.4.